The number of aryl methyl sites for hydroxylation is 1. The topological polar surface area (TPSA) is 23.5 Å². The Morgan fingerprint density at radius 2 is 1.27 bits per heavy atom. The molecule has 1 N–H and O–H groups in total. The van der Waals surface area contributed by atoms with Crippen LogP contribution in [0.15, 0.2) is 91.0 Å². The largest absolute Gasteiger partial charge is 0.312 e. The van der Waals surface area contributed by atoms with E-state index in [9.17, 15) is 5.21 Å². The molecule has 130 valence electrons. The van der Waals surface area contributed by atoms with Crippen LogP contribution in [-0.4, -0.2) is 10.3 Å². The van der Waals surface area contributed by atoms with Gasteiger partial charge in [0.05, 0.1) is 6.54 Å². The predicted molar refractivity (Wildman–Crippen MR) is 105 cm³/mol. The van der Waals surface area contributed by atoms with Gasteiger partial charge in [-0.15, -0.1) is 5.92 Å². The van der Waals surface area contributed by atoms with Gasteiger partial charge in [-0.1, -0.05) is 96.9 Å². The van der Waals surface area contributed by atoms with E-state index >= 15 is 0 Å². The van der Waals surface area contributed by atoms with Crippen molar-refractivity contribution in [3.05, 3.63) is 108 Å². The second-order valence-corrected chi connectivity index (χ2v) is 6.20. The highest BCUT2D eigenvalue weighted by molar-refractivity contribution is 5.28. The first kappa shape index (κ1) is 17.9. The maximum atomic E-state index is 10.7. The minimum atomic E-state index is -0.341. The van der Waals surface area contributed by atoms with Crippen molar-refractivity contribution < 1.29 is 5.21 Å². The fraction of sp³-hybridized carbons (Fsp3) is 0.167. The monoisotopic (exact) mass is 341 g/mol. The van der Waals surface area contributed by atoms with Crippen LogP contribution in [0.4, 0.5) is 0 Å². The summed E-state index contributed by atoms with van der Waals surface area (Å²) in [4.78, 5) is 0. The molecule has 0 heterocycles. The zero-order chi connectivity index (χ0) is 18.0. The van der Waals surface area contributed by atoms with Crippen molar-refractivity contribution in [3.63, 3.8) is 0 Å². The fourth-order valence-corrected chi connectivity index (χ4v) is 2.85. The third-order valence-corrected chi connectivity index (χ3v) is 4.22. The molecule has 3 rings (SSSR count). The van der Waals surface area contributed by atoms with E-state index in [1.165, 1.54) is 10.6 Å². The third kappa shape index (κ3) is 5.32. The average Bonchev–Trinajstić information content (AvgIpc) is 2.70. The summed E-state index contributed by atoms with van der Waals surface area (Å²) in [7, 11) is 0. The highest BCUT2D eigenvalue weighted by atomic mass is 16.5. The second kappa shape index (κ2) is 9.58. The van der Waals surface area contributed by atoms with Crippen LogP contribution in [0.25, 0.3) is 0 Å². The van der Waals surface area contributed by atoms with Crippen LogP contribution in [0.1, 0.15) is 29.2 Å². The summed E-state index contributed by atoms with van der Waals surface area (Å²) in [6.07, 6.45) is 1.69. The lowest BCUT2D eigenvalue weighted by Crippen LogP contribution is -2.24. The first-order chi connectivity index (χ1) is 12.8. The van der Waals surface area contributed by atoms with Gasteiger partial charge in [-0.05, 0) is 23.1 Å². The lowest BCUT2D eigenvalue weighted by atomic mass is 10.1. The summed E-state index contributed by atoms with van der Waals surface area (Å²) in [5.74, 6) is 6.50. The molecule has 2 heteroatoms. The molecule has 0 saturated heterocycles. The normalized spacial score (nSPS) is 11.6. The molecule has 3 aromatic carbocycles. The van der Waals surface area contributed by atoms with Crippen LogP contribution < -0.4 is 0 Å². The molecule has 1 unspecified atom stereocenters. The van der Waals surface area contributed by atoms with Crippen LogP contribution in [0, 0.1) is 11.8 Å². The van der Waals surface area contributed by atoms with Gasteiger partial charge in [-0.3, -0.25) is 0 Å². The van der Waals surface area contributed by atoms with Gasteiger partial charge >= 0.3 is 0 Å². The molecule has 0 aliphatic rings. The van der Waals surface area contributed by atoms with Gasteiger partial charge in [0.1, 0.15) is 6.04 Å². The van der Waals surface area contributed by atoms with E-state index in [1.54, 1.807) is 0 Å². The summed E-state index contributed by atoms with van der Waals surface area (Å²) >= 11 is 0. The Hall–Kier alpha value is -2.86. The van der Waals surface area contributed by atoms with Crippen molar-refractivity contribution in [2.75, 3.05) is 0 Å². The zero-order valence-corrected chi connectivity index (χ0v) is 14.8. The molecule has 3 aromatic rings. The average molecular weight is 341 g/mol. The Bertz CT molecular complexity index is 835. The van der Waals surface area contributed by atoms with Crippen molar-refractivity contribution in [2.24, 2.45) is 0 Å². The summed E-state index contributed by atoms with van der Waals surface area (Å²) in [5.41, 5.74) is 3.34. The van der Waals surface area contributed by atoms with E-state index < -0.39 is 0 Å². The first-order valence-electron chi connectivity index (χ1n) is 8.89. The molecular formula is C24H23NO. The van der Waals surface area contributed by atoms with Crippen molar-refractivity contribution >= 4 is 0 Å². The van der Waals surface area contributed by atoms with E-state index in [0.717, 1.165) is 24.0 Å². The summed E-state index contributed by atoms with van der Waals surface area (Å²) in [6, 6.07) is 29.9. The summed E-state index contributed by atoms with van der Waals surface area (Å²) in [5, 5.41) is 12.0. The van der Waals surface area contributed by atoms with Crippen molar-refractivity contribution in [3.8, 4) is 11.8 Å². The lowest BCUT2D eigenvalue weighted by molar-refractivity contribution is -0.121. The predicted octanol–water partition coefficient (Wildman–Crippen LogP) is 5.26. The smallest absolute Gasteiger partial charge is 0.121 e. The van der Waals surface area contributed by atoms with Gasteiger partial charge in [0.2, 0.25) is 0 Å². The van der Waals surface area contributed by atoms with Gasteiger partial charge in [-0.25, -0.2) is 0 Å². The van der Waals surface area contributed by atoms with Gasteiger partial charge < -0.3 is 5.21 Å². The van der Waals surface area contributed by atoms with Crippen molar-refractivity contribution in [2.45, 2.75) is 25.4 Å². The number of rotatable bonds is 6. The van der Waals surface area contributed by atoms with Crippen LogP contribution in [0.2, 0.25) is 0 Å². The zero-order valence-electron chi connectivity index (χ0n) is 14.8. The molecule has 0 amide bonds. The van der Waals surface area contributed by atoms with E-state index in [1.807, 2.05) is 78.9 Å². The van der Waals surface area contributed by atoms with Gasteiger partial charge in [0.25, 0.3) is 0 Å². The highest BCUT2D eigenvalue weighted by Gasteiger charge is 2.16. The molecule has 0 aliphatic carbocycles. The van der Waals surface area contributed by atoms with Crippen LogP contribution in [0.5, 0.6) is 0 Å². The molecule has 2 nitrogen and oxygen atoms in total. The second-order valence-electron chi connectivity index (χ2n) is 6.20. The van der Waals surface area contributed by atoms with Gasteiger partial charge in [-0.2, -0.15) is 5.06 Å². The number of benzene rings is 3. The Kier molecular flexibility index (Phi) is 6.61. The molecule has 0 spiro atoms. The minimum absolute atomic E-state index is 0.341. The number of hydrogen-bond acceptors (Lipinski definition) is 2. The minimum Gasteiger partial charge on any atom is -0.312 e. The maximum Gasteiger partial charge on any atom is 0.121 e. The molecule has 1 atom stereocenters. The molecule has 0 bridgehead atoms. The molecule has 0 aliphatic heterocycles. The Balaban J connectivity index is 1.71. The van der Waals surface area contributed by atoms with Crippen molar-refractivity contribution in [1.29, 1.82) is 0 Å². The third-order valence-electron chi connectivity index (χ3n) is 4.22. The van der Waals surface area contributed by atoms with E-state index in [0.29, 0.717) is 6.54 Å². The highest BCUT2D eigenvalue weighted by Crippen LogP contribution is 2.20. The quantitative estimate of drug-likeness (QED) is 0.488. The number of hydroxylamine groups is 2. The standard InChI is InChI=1S/C24H23NO/c26-25(20-22-15-6-2-7-16-22)24(23-17-8-3-9-18-23)19-11-10-14-21-12-4-1-5-13-21/h1-9,12-13,15-18,24,26H,10,14,20H2. The summed E-state index contributed by atoms with van der Waals surface area (Å²) < 4.78 is 0. The maximum absolute atomic E-state index is 10.7. The molecule has 0 aromatic heterocycles. The molecule has 0 radical (unpaired) electrons. The van der Waals surface area contributed by atoms with E-state index in [-0.39, 0.29) is 6.04 Å². The number of hydrogen-bond donors (Lipinski definition) is 1. The Morgan fingerprint density at radius 3 is 1.88 bits per heavy atom. The van der Waals surface area contributed by atoms with Crippen LogP contribution in [0.3, 0.4) is 0 Å². The fourth-order valence-electron chi connectivity index (χ4n) is 2.85. The van der Waals surface area contributed by atoms with E-state index in [2.05, 4.69) is 24.0 Å². The Labute approximate surface area is 155 Å². The lowest BCUT2D eigenvalue weighted by Gasteiger charge is -2.22. The van der Waals surface area contributed by atoms with Crippen LogP contribution >= 0.6 is 0 Å². The first-order valence-corrected chi connectivity index (χ1v) is 8.89. The van der Waals surface area contributed by atoms with E-state index in [4.69, 9.17) is 0 Å². The Morgan fingerprint density at radius 1 is 0.731 bits per heavy atom. The van der Waals surface area contributed by atoms with Crippen LogP contribution in [-0.2, 0) is 13.0 Å². The van der Waals surface area contributed by atoms with Gasteiger partial charge in [0.15, 0.2) is 0 Å². The number of nitrogens with zero attached hydrogens (tertiary/aromatic N) is 1. The van der Waals surface area contributed by atoms with Crippen molar-refractivity contribution in [1.82, 2.24) is 5.06 Å². The molecule has 0 fully saturated rings. The SMILES string of the molecule is ON(Cc1ccccc1)C(C#CCCc1ccccc1)c1ccccc1. The molecule has 26 heavy (non-hydrogen) atoms. The molecular weight excluding hydrogens is 318 g/mol. The molecule has 0 saturated carbocycles. The summed E-state index contributed by atoms with van der Waals surface area (Å²) in [6.45, 7) is 0.438. The van der Waals surface area contributed by atoms with Gasteiger partial charge in [0, 0.05) is 6.42 Å².